The van der Waals surface area contributed by atoms with Gasteiger partial charge in [0.2, 0.25) is 0 Å². The Kier molecular flexibility index (Phi) is 4.28. The molecule has 0 saturated heterocycles. The molecule has 1 N–H and O–H groups in total. The summed E-state index contributed by atoms with van der Waals surface area (Å²) in [5.41, 5.74) is 0.203. The summed E-state index contributed by atoms with van der Waals surface area (Å²) in [5, 5.41) is 9.85. The van der Waals surface area contributed by atoms with Crippen molar-refractivity contribution in [3.8, 4) is 0 Å². The van der Waals surface area contributed by atoms with Gasteiger partial charge in [-0.3, -0.25) is 4.98 Å². The van der Waals surface area contributed by atoms with Crippen molar-refractivity contribution >= 4 is 11.8 Å². The van der Waals surface area contributed by atoms with Crippen LogP contribution < -0.4 is 0 Å². The van der Waals surface area contributed by atoms with Crippen molar-refractivity contribution in [1.82, 2.24) is 4.98 Å². The summed E-state index contributed by atoms with van der Waals surface area (Å²) in [5.74, 6) is -0.612. The van der Waals surface area contributed by atoms with E-state index in [-0.39, 0.29) is 17.1 Å². The number of rotatable bonds is 4. The fourth-order valence-corrected chi connectivity index (χ4v) is 2.38. The van der Waals surface area contributed by atoms with Crippen LogP contribution in [0.1, 0.15) is 11.7 Å². The highest BCUT2D eigenvalue weighted by Crippen LogP contribution is 2.26. The molecular formula is C13H11F2NOS. The lowest BCUT2D eigenvalue weighted by Gasteiger charge is -2.11. The Morgan fingerprint density at radius 2 is 2.11 bits per heavy atom. The zero-order chi connectivity index (χ0) is 13.0. The summed E-state index contributed by atoms with van der Waals surface area (Å²) in [6.07, 6.45) is 1.54. The van der Waals surface area contributed by atoms with E-state index in [9.17, 15) is 13.9 Å². The molecule has 0 bridgehead atoms. The molecule has 1 unspecified atom stereocenters. The summed E-state index contributed by atoms with van der Waals surface area (Å²) in [6, 6.07) is 7.50. The summed E-state index contributed by atoms with van der Waals surface area (Å²) < 4.78 is 26.3. The summed E-state index contributed by atoms with van der Waals surface area (Å²) in [6.45, 7) is 0. The molecular weight excluding hydrogens is 256 g/mol. The zero-order valence-electron chi connectivity index (χ0n) is 9.38. The van der Waals surface area contributed by atoms with Gasteiger partial charge in [0.1, 0.15) is 11.6 Å². The number of aliphatic hydroxyl groups is 1. The van der Waals surface area contributed by atoms with Crippen molar-refractivity contribution < 1.29 is 13.9 Å². The van der Waals surface area contributed by atoms with E-state index in [4.69, 9.17) is 0 Å². The van der Waals surface area contributed by atoms with E-state index in [1.165, 1.54) is 36.2 Å². The second-order valence-electron chi connectivity index (χ2n) is 3.68. The standard InChI is InChI=1S/C13H11F2NOS/c14-9-2-1-3-10(6-9)18-8-13(17)11-4-5-16-7-12(11)15/h1-7,13,17H,8H2. The molecule has 0 fully saturated rings. The first-order chi connectivity index (χ1) is 8.66. The van der Waals surface area contributed by atoms with Crippen molar-refractivity contribution in [2.24, 2.45) is 0 Å². The molecule has 18 heavy (non-hydrogen) atoms. The van der Waals surface area contributed by atoms with Crippen LogP contribution in [0.15, 0.2) is 47.6 Å². The van der Waals surface area contributed by atoms with Crippen LogP contribution in [-0.2, 0) is 0 Å². The first kappa shape index (κ1) is 13.0. The molecule has 2 rings (SSSR count). The predicted molar refractivity (Wildman–Crippen MR) is 66.3 cm³/mol. The van der Waals surface area contributed by atoms with Gasteiger partial charge in [0.25, 0.3) is 0 Å². The fourth-order valence-electron chi connectivity index (χ4n) is 1.48. The van der Waals surface area contributed by atoms with Gasteiger partial charge in [0.15, 0.2) is 0 Å². The van der Waals surface area contributed by atoms with Crippen LogP contribution in [0.3, 0.4) is 0 Å². The highest BCUT2D eigenvalue weighted by atomic mass is 32.2. The number of halogens is 2. The number of hydrogen-bond acceptors (Lipinski definition) is 3. The van der Waals surface area contributed by atoms with Crippen molar-refractivity contribution in [2.75, 3.05) is 5.75 Å². The van der Waals surface area contributed by atoms with Crippen LogP contribution in [0.5, 0.6) is 0 Å². The SMILES string of the molecule is OC(CSc1cccc(F)c1)c1ccncc1F. The number of hydrogen-bond donors (Lipinski definition) is 1. The third kappa shape index (κ3) is 3.27. The normalized spacial score (nSPS) is 12.4. The minimum atomic E-state index is -0.943. The third-order valence-electron chi connectivity index (χ3n) is 2.37. The molecule has 1 heterocycles. The average Bonchev–Trinajstić information content (AvgIpc) is 2.37. The van der Waals surface area contributed by atoms with Crippen LogP contribution in [0.4, 0.5) is 8.78 Å². The van der Waals surface area contributed by atoms with Crippen molar-refractivity contribution in [1.29, 1.82) is 0 Å². The third-order valence-corrected chi connectivity index (χ3v) is 3.44. The Hall–Kier alpha value is -1.46. The summed E-state index contributed by atoms with van der Waals surface area (Å²) in [4.78, 5) is 4.31. The zero-order valence-corrected chi connectivity index (χ0v) is 10.2. The molecule has 2 aromatic rings. The molecule has 0 saturated carbocycles. The van der Waals surface area contributed by atoms with Gasteiger partial charge < -0.3 is 5.11 Å². The fraction of sp³-hybridized carbons (Fsp3) is 0.154. The van der Waals surface area contributed by atoms with Crippen LogP contribution in [-0.4, -0.2) is 15.8 Å². The van der Waals surface area contributed by atoms with Crippen LogP contribution >= 0.6 is 11.8 Å². The largest absolute Gasteiger partial charge is 0.387 e. The van der Waals surface area contributed by atoms with Gasteiger partial charge in [-0.2, -0.15) is 0 Å². The monoisotopic (exact) mass is 267 g/mol. The Morgan fingerprint density at radius 3 is 2.83 bits per heavy atom. The van der Waals surface area contributed by atoms with Gasteiger partial charge in [-0.15, -0.1) is 11.8 Å². The van der Waals surface area contributed by atoms with Crippen LogP contribution in [0.25, 0.3) is 0 Å². The number of aliphatic hydroxyl groups excluding tert-OH is 1. The van der Waals surface area contributed by atoms with Crippen LogP contribution in [0, 0.1) is 11.6 Å². The number of thioether (sulfide) groups is 1. The van der Waals surface area contributed by atoms with E-state index in [0.717, 1.165) is 6.20 Å². The molecule has 0 aliphatic rings. The minimum absolute atomic E-state index is 0.203. The lowest BCUT2D eigenvalue weighted by molar-refractivity contribution is 0.198. The summed E-state index contributed by atoms with van der Waals surface area (Å²) in [7, 11) is 0. The van der Waals surface area contributed by atoms with Gasteiger partial charge in [0.05, 0.1) is 12.3 Å². The number of benzene rings is 1. The Balaban J connectivity index is 2.00. The molecule has 1 aromatic carbocycles. The quantitative estimate of drug-likeness (QED) is 0.864. The van der Waals surface area contributed by atoms with E-state index in [0.29, 0.717) is 4.90 Å². The van der Waals surface area contributed by atoms with Crippen molar-refractivity contribution in [3.05, 3.63) is 59.9 Å². The maximum absolute atomic E-state index is 13.3. The van der Waals surface area contributed by atoms with Gasteiger partial charge in [-0.05, 0) is 24.3 Å². The molecule has 0 aliphatic heterocycles. The Labute approximate surface area is 108 Å². The lowest BCUT2D eigenvalue weighted by Crippen LogP contribution is -2.03. The molecule has 5 heteroatoms. The number of aromatic nitrogens is 1. The molecule has 0 radical (unpaired) electrons. The molecule has 94 valence electrons. The predicted octanol–water partition coefficient (Wildman–Crippen LogP) is 3.19. The molecule has 0 spiro atoms. The first-order valence-corrected chi connectivity index (χ1v) is 6.31. The van der Waals surface area contributed by atoms with E-state index in [1.807, 2.05) is 0 Å². The van der Waals surface area contributed by atoms with Gasteiger partial charge in [0, 0.05) is 22.4 Å². The van der Waals surface area contributed by atoms with E-state index >= 15 is 0 Å². The highest BCUT2D eigenvalue weighted by Gasteiger charge is 2.12. The smallest absolute Gasteiger partial charge is 0.147 e. The maximum Gasteiger partial charge on any atom is 0.147 e. The topological polar surface area (TPSA) is 33.1 Å². The Bertz CT molecular complexity index is 536. The van der Waals surface area contributed by atoms with Gasteiger partial charge >= 0.3 is 0 Å². The lowest BCUT2D eigenvalue weighted by atomic mass is 10.2. The first-order valence-electron chi connectivity index (χ1n) is 5.32. The van der Waals surface area contributed by atoms with Gasteiger partial charge in [-0.25, -0.2) is 8.78 Å². The van der Waals surface area contributed by atoms with Gasteiger partial charge in [-0.1, -0.05) is 6.07 Å². The van der Waals surface area contributed by atoms with E-state index in [2.05, 4.69) is 4.98 Å². The number of pyridine rings is 1. The molecule has 1 aromatic heterocycles. The average molecular weight is 267 g/mol. The maximum atomic E-state index is 13.3. The molecule has 2 nitrogen and oxygen atoms in total. The second kappa shape index (κ2) is 5.93. The molecule has 1 atom stereocenters. The van der Waals surface area contributed by atoms with Crippen LogP contribution in [0.2, 0.25) is 0 Å². The highest BCUT2D eigenvalue weighted by molar-refractivity contribution is 7.99. The molecule has 0 aliphatic carbocycles. The van der Waals surface area contributed by atoms with Crippen molar-refractivity contribution in [3.63, 3.8) is 0 Å². The van der Waals surface area contributed by atoms with Crippen molar-refractivity contribution in [2.45, 2.75) is 11.0 Å². The van der Waals surface area contributed by atoms with E-state index < -0.39 is 11.9 Å². The van der Waals surface area contributed by atoms with E-state index in [1.54, 1.807) is 12.1 Å². The minimum Gasteiger partial charge on any atom is -0.387 e. The second-order valence-corrected chi connectivity index (χ2v) is 4.77. The Morgan fingerprint density at radius 1 is 1.28 bits per heavy atom. The summed E-state index contributed by atoms with van der Waals surface area (Å²) >= 11 is 1.27. The number of nitrogens with zero attached hydrogens (tertiary/aromatic N) is 1. The molecule has 0 amide bonds.